The highest BCUT2D eigenvalue weighted by Crippen LogP contribution is 2.37. The minimum absolute atomic E-state index is 0.00573. The van der Waals surface area contributed by atoms with Crippen molar-refractivity contribution in [1.82, 2.24) is 37.4 Å². The molecule has 0 fully saturated rings. The van der Waals surface area contributed by atoms with E-state index in [0.717, 1.165) is 5.57 Å². The maximum absolute atomic E-state index is 13.0. The number of hydrogen-bond donors (Lipinski definition) is 3. The van der Waals surface area contributed by atoms with Gasteiger partial charge in [-0.1, -0.05) is 25.6 Å². The molecule has 3 N–H and O–H groups in total. The Morgan fingerprint density at radius 2 is 1.03 bits per heavy atom. The number of aromatic nitrogens is 8. The van der Waals surface area contributed by atoms with E-state index >= 15 is 0 Å². The van der Waals surface area contributed by atoms with E-state index in [0.29, 0.717) is 58.3 Å². The molecule has 0 aliphatic rings. The number of imidazole rings is 4. The quantitative estimate of drug-likeness (QED) is 0.0975. The number of anilines is 2. The molecule has 0 bridgehead atoms. The summed E-state index contributed by atoms with van der Waals surface area (Å²) in [4.78, 5) is 32.8. The highest BCUT2D eigenvalue weighted by Gasteiger charge is 2.24. The normalized spacial score (nSPS) is 12.1. The first-order chi connectivity index (χ1) is 32.6. The van der Waals surface area contributed by atoms with Crippen LogP contribution in [0.3, 0.4) is 0 Å². The average molecular weight is 985 g/mol. The number of nitrogens with zero attached hydrogens (tertiary/aromatic N) is 8. The lowest BCUT2D eigenvalue weighted by atomic mass is 10.2. The van der Waals surface area contributed by atoms with Gasteiger partial charge in [0.05, 0.1) is 52.7 Å². The van der Waals surface area contributed by atoms with Crippen LogP contribution in [0, 0.1) is 5.92 Å². The van der Waals surface area contributed by atoms with Crippen LogP contribution in [-0.4, -0.2) is 79.1 Å². The standard InChI is InChI=1S/C23H27N5O6S.C23H25N5O5S/c1-15(12-29)13-33-16-6-5-7-17(8-16)34-21-10-20-19(27(3)23(30)28(20)4)9-18(21)25-35(31,32)22-11-26(2)14-24-22;1-15(2)13-32-16-7-6-8-17(9-16)33-21-11-20-19(27(4)23(29)28(20)5)10-18(21)25-34(30,31)22-12-26(3)14-24-22/h5-11,14-15,25,29H,12-13H2,1-4H3;6-12,14,25H,1,13H2,2-5H3. The Morgan fingerprint density at radius 1 is 0.638 bits per heavy atom. The molecule has 4 aromatic heterocycles. The third kappa shape index (κ3) is 11.0. The van der Waals surface area contributed by atoms with Crippen LogP contribution < -0.4 is 39.8 Å². The first kappa shape index (κ1) is 49.2. The molecule has 0 amide bonds. The fraction of sp³-hybridized carbons (Fsp3) is 0.261. The molecular weight excluding hydrogens is 933 g/mol. The number of benzene rings is 4. The average Bonchev–Trinajstić information content (AvgIpc) is 4.06. The van der Waals surface area contributed by atoms with Gasteiger partial charge >= 0.3 is 11.4 Å². The molecular formula is C46H52N10O11S2. The molecule has 0 saturated carbocycles. The third-order valence-corrected chi connectivity index (χ3v) is 13.0. The van der Waals surface area contributed by atoms with Crippen LogP contribution in [0.1, 0.15) is 13.8 Å². The molecule has 1 atom stereocenters. The molecule has 8 rings (SSSR count). The van der Waals surface area contributed by atoms with E-state index in [1.807, 2.05) is 13.8 Å². The van der Waals surface area contributed by atoms with Crippen LogP contribution in [-0.2, 0) is 62.3 Å². The lowest BCUT2D eigenvalue weighted by Crippen LogP contribution is -2.19. The van der Waals surface area contributed by atoms with Gasteiger partial charge in [0, 0.05) is 91.5 Å². The fourth-order valence-electron chi connectivity index (χ4n) is 6.84. The van der Waals surface area contributed by atoms with Crippen molar-refractivity contribution in [2.45, 2.75) is 23.9 Å². The van der Waals surface area contributed by atoms with E-state index in [4.69, 9.17) is 18.9 Å². The molecule has 0 radical (unpaired) electrons. The molecule has 69 heavy (non-hydrogen) atoms. The van der Waals surface area contributed by atoms with Crippen molar-refractivity contribution in [3.05, 3.63) is 131 Å². The van der Waals surface area contributed by atoms with Gasteiger partial charge in [0.1, 0.15) is 29.6 Å². The van der Waals surface area contributed by atoms with Gasteiger partial charge in [-0.05, 0) is 48.9 Å². The van der Waals surface area contributed by atoms with Crippen LogP contribution in [0.25, 0.3) is 22.1 Å². The van der Waals surface area contributed by atoms with E-state index in [1.54, 1.807) is 115 Å². The number of aryl methyl sites for hydroxylation is 6. The van der Waals surface area contributed by atoms with Crippen molar-refractivity contribution >= 4 is 53.5 Å². The Balaban J connectivity index is 0.000000204. The topological polar surface area (TPSA) is 239 Å². The smallest absolute Gasteiger partial charge is 0.328 e. The summed E-state index contributed by atoms with van der Waals surface area (Å²) in [7, 11) is 1.80. The third-order valence-electron chi connectivity index (χ3n) is 10.5. The van der Waals surface area contributed by atoms with E-state index < -0.39 is 20.0 Å². The Bertz CT molecular complexity index is 3570. The Morgan fingerprint density at radius 3 is 1.41 bits per heavy atom. The Kier molecular flexibility index (Phi) is 14.1. The summed E-state index contributed by atoms with van der Waals surface area (Å²) in [5.41, 5.74) is 2.88. The number of aliphatic hydroxyl groups is 1. The molecule has 4 aromatic carbocycles. The Labute approximate surface area is 397 Å². The summed E-state index contributed by atoms with van der Waals surface area (Å²) in [5.74, 6) is 2.31. The zero-order valence-electron chi connectivity index (χ0n) is 39.1. The summed E-state index contributed by atoms with van der Waals surface area (Å²) >= 11 is 0. The summed E-state index contributed by atoms with van der Waals surface area (Å²) < 4.78 is 89.4. The van der Waals surface area contributed by atoms with Gasteiger partial charge < -0.3 is 33.2 Å². The second-order valence-electron chi connectivity index (χ2n) is 16.4. The van der Waals surface area contributed by atoms with Gasteiger partial charge in [-0.2, -0.15) is 16.8 Å². The van der Waals surface area contributed by atoms with Crippen LogP contribution >= 0.6 is 0 Å². The molecule has 1 unspecified atom stereocenters. The molecule has 21 nitrogen and oxygen atoms in total. The predicted molar refractivity (Wildman–Crippen MR) is 259 cm³/mol. The molecule has 8 aromatic rings. The summed E-state index contributed by atoms with van der Waals surface area (Å²) in [6, 6.07) is 20.2. The lowest BCUT2D eigenvalue weighted by Gasteiger charge is -2.15. The van der Waals surface area contributed by atoms with Gasteiger partial charge in [-0.25, -0.2) is 19.6 Å². The molecule has 364 valence electrons. The summed E-state index contributed by atoms with van der Waals surface area (Å²) in [6.07, 6.45) is 5.56. The molecule has 0 saturated heterocycles. The van der Waals surface area contributed by atoms with E-state index in [9.17, 15) is 31.5 Å². The maximum atomic E-state index is 13.0. The number of rotatable bonds is 17. The van der Waals surface area contributed by atoms with Crippen LogP contribution in [0.5, 0.6) is 34.5 Å². The lowest BCUT2D eigenvalue weighted by molar-refractivity contribution is 0.174. The number of hydrogen-bond acceptors (Lipinski definition) is 13. The van der Waals surface area contributed by atoms with Gasteiger partial charge in [-0.3, -0.25) is 27.7 Å². The van der Waals surface area contributed by atoms with E-state index in [1.165, 1.54) is 52.5 Å². The van der Waals surface area contributed by atoms with E-state index in [2.05, 4.69) is 26.0 Å². The second-order valence-corrected chi connectivity index (χ2v) is 19.7. The zero-order valence-corrected chi connectivity index (χ0v) is 40.7. The summed E-state index contributed by atoms with van der Waals surface area (Å²) in [6.45, 7) is 8.23. The fourth-order valence-corrected chi connectivity index (χ4v) is 8.93. The number of ether oxygens (including phenoxy) is 4. The summed E-state index contributed by atoms with van der Waals surface area (Å²) in [5, 5.41) is 8.91. The number of fused-ring (bicyclic) bond motifs is 2. The van der Waals surface area contributed by atoms with Crippen molar-refractivity contribution in [2.75, 3.05) is 29.3 Å². The van der Waals surface area contributed by atoms with Crippen molar-refractivity contribution in [2.24, 2.45) is 48.2 Å². The van der Waals surface area contributed by atoms with Gasteiger partial charge in [-0.15, -0.1) is 0 Å². The first-order valence-electron chi connectivity index (χ1n) is 21.1. The highest BCUT2D eigenvalue weighted by molar-refractivity contribution is 7.93. The van der Waals surface area contributed by atoms with Gasteiger partial charge in [0.2, 0.25) is 0 Å². The van der Waals surface area contributed by atoms with E-state index in [-0.39, 0.29) is 56.8 Å². The number of aliphatic hydroxyl groups excluding tert-OH is 1. The first-order valence-corrected chi connectivity index (χ1v) is 24.1. The highest BCUT2D eigenvalue weighted by atomic mass is 32.2. The van der Waals surface area contributed by atoms with Crippen molar-refractivity contribution in [3.63, 3.8) is 0 Å². The van der Waals surface area contributed by atoms with Gasteiger partial charge in [0.15, 0.2) is 21.6 Å². The monoisotopic (exact) mass is 984 g/mol. The molecule has 0 aliphatic heterocycles. The van der Waals surface area contributed by atoms with Crippen LogP contribution in [0.4, 0.5) is 11.4 Å². The zero-order chi connectivity index (χ0) is 49.9. The molecule has 23 heteroatoms. The van der Waals surface area contributed by atoms with Crippen LogP contribution in [0.15, 0.2) is 130 Å². The SMILES string of the molecule is C=C(C)COc1cccc(Oc2cc3c(cc2NS(=O)(=O)c2cn(C)cn2)n(C)c(=O)n3C)c1.CC(CO)COc1cccc(Oc2cc3c(cc2NS(=O)(=O)c2cn(C)cn2)n(C)c(=O)n3C)c1. The van der Waals surface area contributed by atoms with Crippen molar-refractivity contribution in [3.8, 4) is 34.5 Å². The largest absolute Gasteiger partial charge is 0.493 e. The minimum Gasteiger partial charge on any atom is -0.493 e. The second kappa shape index (κ2) is 19.8. The predicted octanol–water partition coefficient (Wildman–Crippen LogP) is 5.37. The van der Waals surface area contributed by atoms with Crippen LogP contribution in [0.2, 0.25) is 0 Å². The van der Waals surface area contributed by atoms with Crippen molar-refractivity contribution in [1.29, 1.82) is 0 Å². The molecule has 0 aliphatic carbocycles. The Hall–Kier alpha value is -7.76. The van der Waals surface area contributed by atoms with Crippen molar-refractivity contribution < 1.29 is 40.9 Å². The minimum atomic E-state index is -4.03. The molecule has 4 heterocycles. The maximum Gasteiger partial charge on any atom is 0.328 e. The molecule has 0 spiro atoms. The number of sulfonamides is 2. The van der Waals surface area contributed by atoms with Gasteiger partial charge in [0.25, 0.3) is 20.0 Å². The number of nitrogens with one attached hydrogen (secondary N) is 2.